The smallest absolute Gasteiger partial charge is 0.248 e. The van der Waals surface area contributed by atoms with Crippen molar-refractivity contribution in [2.75, 3.05) is 31.4 Å². The number of benzene rings is 1. The maximum absolute atomic E-state index is 11.9. The number of rotatable bonds is 5. The van der Waals surface area contributed by atoms with Gasteiger partial charge in [0.2, 0.25) is 5.91 Å². The van der Waals surface area contributed by atoms with Crippen molar-refractivity contribution < 1.29 is 9.53 Å². The standard InChI is InChI=1S/C17H19N3O2/c1-20(2)16-9-8-14(12-18-16)19-17(21)10-7-13-5-4-6-15(11-13)22-3/h4-12H,1-3H3,(H,19,21)/b10-7+. The molecule has 0 fully saturated rings. The first-order chi connectivity index (χ1) is 10.6. The van der Waals surface area contributed by atoms with Crippen LogP contribution in [0.5, 0.6) is 5.75 Å². The molecular weight excluding hydrogens is 278 g/mol. The first kappa shape index (κ1) is 15.6. The molecule has 2 aromatic rings. The van der Waals surface area contributed by atoms with Crippen molar-refractivity contribution in [3.63, 3.8) is 0 Å². The van der Waals surface area contributed by atoms with E-state index < -0.39 is 0 Å². The van der Waals surface area contributed by atoms with E-state index in [9.17, 15) is 4.79 Å². The first-order valence-corrected chi connectivity index (χ1v) is 6.85. The maximum atomic E-state index is 11.9. The quantitative estimate of drug-likeness (QED) is 0.862. The van der Waals surface area contributed by atoms with Crippen LogP contribution in [0, 0.1) is 0 Å². The van der Waals surface area contributed by atoms with E-state index in [-0.39, 0.29) is 5.91 Å². The number of carbonyl (C=O) groups is 1. The van der Waals surface area contributed by atoms with Crippen LogP contribution in [-0.2, 0) is 4.79 Å². The maximum Gasteiger partial charge on any atom is 0.248 e. The van der Waals surface area contributed by atoms with Gasteiger partial charge in [0.1, 0.15) is 11.6 Å². The summed E-state index contributed by atoms with van der Waals surface area (Å²) in [5.74, 6) is 1.39. The third-order valence-electron chi connectivity index (χ3n) is 2.99. The van der Waals surface area contributed by atoms with E-state index >= 15 is 0 Å². The second-order valence-electron chi connectivity index (χ2n) is 4.90. The molecule has 5 nitrogen and oxygen atoms in total. The zero-order valence-corrected chi connectivity index (χ0v) is 12.9. The monoisotopic (exact) mass is 297 g/mol. The Hall–Kier alpha value is -2.82. The summed E-state index contributed by atoms with van der Waals surface area (Å²) in [5.41, 5.74) is 1.56. The molecular formula is C17H19N3O2. The SMILES string of the molecule is COc1cccc(/C=C/C(=O)Nc2ccc(N(C)C)nc2)c1. The van der Waals surface area contributed by atoms with Gasteiger partial charge in [-0.15, -0.1) is 0 Å². The third-order valence-corrected chi connectivity index (χ3v) is 2.99. The minimum atomic E-state index is -0.206. The highest BCUT2D eigenvalue weighted by atomic mass is 16.5. The van der Waals surface area contributed by atoms with Gasteiger partial charge in [0.15, 0.2) is 0 Å². The van der Waals surface area contributed by atoms with Crippen LogP contribution < -0.4 is 15.0 Å². The molecule has 1 aromatic heterocycles. The second kappa shape index (κ2) is 7.26. The highest BCUT2D eigenvalue weighted by Crippen LogP contribution is 2.14. The van der Waals surface area contributed by atoms with Crippen LogP contribution >= 0.6 is 0 Å². The van der Waals surface area contributed by atoms with Crippen LogP contribution in [-0.4, -0.2) is 32.1 Å². The molecule has 0 saturated carbocycles. The predicted molar refractivity (Wildman–Crippen MR) is 89.2 cm³/mol. The zero-order valence-electron chi connectivity index (χ0n) is 12.9. The van der Waals surface area contributed by atoms with Crippen LogP contribution in [0.4, 0.5) is 11.5 Å². The Morgan fingerprint density at radius 3 is 2.73 bits per heavy atom. The number of nitrogens with one attached hydrogen (secondary N) is 1. The lowest BCUT2D eigenvalue weighted by molar-refractivity contribution is -0.111. The molecule has 1 amide bonds. The van der Waals surface area contributed by atoms with Gasteiger partial charge >= 0.3 is 0 Å². The molecule has 0 radical (unpaired) electrons. The minimum absolute atomic E-state index is 0.206. The van der Waals surface area contributed by atoms with Gasteiger partial charge in [-0.3, -0.25) is 4.79 Å². The van der Waals surface area contributed by atoms with Crippen LogP contribution in [0.3, 0.4) is 0 Å². The highest BCUT2D eigenvalue weighted by Gasteiger charge is 2.00. The van der Waals surface area contributed by atoms with Gasteiger partial charge in [0.05, 0.1) is 19.0 Å². The Balaban J connectivity index is 1.98. The number of aromatic nitrogens is 1. The number of hydrogen-bond acceptors (Lipinski definition) is 4. The Labute approximate surface area is 130 Å². The molecule has 0 aliphatic heterocycles. The summed E-state index contributed by atoms with van der Waals surface area (Å²) in [5, 5.41) is 2.77. The number of nitrogens with zero attached hydrogens (tertiary/aromatic N) is 2. The lowest BCUT2D eigenvalue weighted by Gasteiger charge is -2.11. The molecule has 0 atom stereocenters. The van der Waals surface area contributed by atoms with E-state index in [1.165, 1.54) is 6.08 Å². The summed E-state index contributed by atoms with van der Waals surface area (Å²) in [7, 11) is 5.44. The number of hydrogen-bond donors (Lipinski definition) is 1. The fourth-order valence-electron chi connectivity index (χ4n) is 1.83. The molecule has 0 aliphatic rings. The average Bonchev–Trinajstić information content (AvgIpc) is 2.53. The van der Waals surface area contributed by atoms with Gasteiger partial charge in [0.25, 0.3) is 0 Å². The van der Waals surface area contributed by atoms with Crippen molar-refractivity contribution in [2.45, 2.75) is 0 Å². The Morgan fingerprint density at radius 1 is 1.27 bits per heavy atom. The van der Waals surface area contributed by atoms with Crippen LogP contribution in [0.2, 0.25) is 0 Å². The van der Waals surface area contributed by atoms with Gasteiger partial charge in [-0.25, -0.2) is 4.98 Å². The number of carbonyl (C=O) groups excluding carboxylic acids is 1. The summed E-state index contributed by atoms with van der Waals surface area (Å²) < 4.78 is 5.14. The molecule has 0 unspecified atom stereocenters. The molecule has 0 saturated heterocycles. The van der Waals surface area contributed by atoms with Gasteiger partial charge in [0, 0.05) is 20.2 Å². The molecule has 114 valence electrons. The zero-order chi connectivity index (χ0) is 15.9. The van der Waals surface area contributed by atoms with Crippen LogP contribution in [0.15, 0.2) is 48.7 Å². The summed E-state index contributed by atoms with van der Waals surface area (Å²) in [4.78, 5) is 18.0. The third kappa shape index (κ3) is 4.34. The Kier molecular flexibility index (Phi) is 5.14. The number of ether oxygens (including phenoxy) is 1. The molecule has 0 aliphatic carbocycles. The van der Waals surface area contributed by atoms with Crippen LogP contribution in [0.1, 0.15) is 5.56 Å². The summed E-state index contributed by atoms with van der Waals surface area (Å²) in [6.07, 6.45) is 4.85. The summed E-state index contributed by atoms with van der Waals surface area (Å²) >= 11 is 0. The van der Waals surface area contributed by atoms with Crippen molar-refractivity contribution >= 4 is 23.5 Å². The predicted octanol–water partition coefficient (Wildman–Crippen LogP) is 2.81. The normalized spacial score (nSPS) is 10.5. The lowest BCUT2D eigenvalue weighted by Crippen LogP contribution is -2.12. The van der Waals surface area contributed by atoms with Crippen molar-refractivity contribution in [1.29, 1.82) is 0 Å². The van der Waals surface area contributed by atoms with E-state index in [4.69, 9.17) is 4.74 Å². The molecule has 2 rings (SSSR count). The van der Waals surface area contributed by atoms with E-state index in [1.807, 2.05) is 55.4 Å². The molecule has 1 aromatic carbocycles. The first-order valence-electron chi connectivity index (χ1n) is 6.85. The topological polar surface area (TPSA) is 54.5 Å². The molecule has 0 bridgehead atoms. The minimum Gasteiger partial charge on any atom is -0.497 e. The van der Waals surface area contributed by atoms with Crippen molar-refractivity contribution in [3.05, 3.63) is 54.2 Å². The molecule has 1 heterocycles. The number of methoxy groups -OCH3 is 1. The van der Waals surface area contributed by atoms with Gasteiger partial charge < -0.3 is 15.0 Å². The van der Waals surface area contributed by atoms with E-state index in [0.717, 1.165) is 17.1 Å². The van der Waals surface area contributed by atoms with Crippen LogP contribution in [0.25, 0.3) is 6.08 Å². The Bertz CT molecular complexity index is 664. The highest BCUT2D eigenvalue weighted by molar-refractivity contribution is 6.01. The lowest BCUT2D eigenvalue weighted by atomic mass is 10.2. The van der Waals surface area contributed by atoms with Gasteiger partial charge in [-0.05, 0) is 35.9 Å². The van der Waals surface area contributed by atoms with Crippen molar-refractivity contribution in [1.82, 2.24) is 4.98 Å². The average molecular weight is 297 g/mol. The molecule has 1 N–H and O–H groups in total. The van der Waals surface area contributed by atoms with Gasteiger partial charge in [-0.1, -0.05) is 12.1 Å². The summed E-state index contributed by atoms with van der Waals surface area (Å²) in [6, 6.07) is 11.2. The van der Waals surface area contributed by atoms with E-state index in [1.54, 1.807) is 19.4 Å². The molecule has 5 heteroatoms. The number of pyridine rings is 1. The van der Waals surface area contributed by atoms with Crippen molar-refractivity contribution in [3.8, 4) is 5.75 Å². The molecule has 0 spiro atoms. The largest absolute Gasteiger partial charge is 0.497 e. The van der Waals surface area contributed by atoms with Crippen molar-refractivity contribution in [2.24, 2.45) is 0 Å². The fraction of sp³-hybridized carbons (Fsp3) is 0.176. The number of amides is 1. The van der Waals surface area contributed by atoms with Gasteiger partial charge in [-0.2, -0.15) is 0 Å². The van der Waals surface area contributed by atoms with E-state index in [0.29, 0.717) is 5.69 Å². The number of anilines is 2. The fourth-order valence-corrected chi connectivity index (χ4v) is 1.83. The summed E-state index contributed by atoms with van der Waals surface area (Å²) in [6.45, 7) is 0. The van der Waals surface area contributed by atoms with E-state index in [2.05, 4.69) is 10.3 Å². The Morgan fingerprint density at radius 2 is 2.09 bits per heavy atom. The molecule has 22 heavy (non-hydrogen) atoms. The second-order valence-corrected chi connectivity index (χ2v) is 4.90.